The second-order valence-electron chi connectivity index (χ2n) is 8.59. The maximum atomic E-state index is 10.7. The minimum atomic E-state index is 0.181. The number of piperidine rings is 1. The number of hydrogen-bond donors (Lipinski definition) is 2. The first kappa shape index (κ1) is 18.5. The molecule has 2 N–H and O–H groups in total. The fourth-order valence-electron chi connectivity index (χ4n) is 4.91. The van der Waals surface area contributed by atoms with Gasteiger partial charge in [0.25, 0.3) is 0 Å². The van der Waals surface area contributed by atoms with E-state index in [1.807, 2.05) is 31.4 Å². The molecule has 2 bridgehead atoms. The van der Waals surface area contributed by atoms with Gasteiger partial charge < -0.3 is 19.7 Å². The zero-order chi connectivity index (χ0) is 20.9. The van der Waals surface area contributed by atoms with Gasteiger partial charge >= 0.3 is 0 Å². The van der Waals surface area contributed by atoms with Crippen LogP contribution in [0.4, 0.5) is 0 Å². The van der Waals surface area contributed by atoms with Crippen molar-refractivity contribution in [2.45, 2.75) is 31.0 Å². The first-order valence-corrected chi connectivity index (χ1v) is 10.6. The summed E-state index contributed by atoms with van der Waals surface area (Å²) in [6, 6.07) is 10.9. The third-order valence-electron chi connectivity index (χ3n) is 6.39. The molecule has 0 radical (unpaired) electrons. The first-order valence-electron chi connectivity index (χ1n) is 10.6. The van der Waals surface area contributed by atoms with Gasteiger partial charge in [-0.3, -0.25) is 4.68 Å². The van der Waals surface area contributed by atoms with Gasteiger partial charge in [-0.05, 0) is 42.7 Å². The number of aromatic nitrogens is 5. The van der Waals surface area contributed by atoms with E-state index in [0.717, 1.165) is 48.2 Å². The Morgan fingerprint density at radius 3 is 2.65 bits per heavy atom. The van der Waals surface area contributed by atoms with Crippen molar-refractivity contribution in [1.82, 2.24) is 29.9 Å². The summed E-state index contributed by atoms with van der Waals surface area (Å²) in [5.74, 6) is 0.181. The monoisotopic (exact) mass is 416 g/mol. The Labute approximate surface area is 179 Å². The van der Waals surface area contributed by atoms with E-state index in [9.17, 15) is 5.11 Å². The standard InChI is InChI=1S/C23H24N6O2/c1-28-11-16(10-24-28)14-2-3-20(22(30)7-14)21-6-15-4-5-29(23(15)27-26-21)19-8-17-12-31-13-18(9-19)25-17/h2-7,10-11,17-19,25,30H,8-9,12-13H2,1H3/t17-,18?,19+/m1/s1. The molecule has 0 aliphatic carbocycles. The number of phenols is 1. The fraction of sp³-hybridized carbons (Fsp3) is 0.348. The van der Waals surface area contributed by atoms with Crippen LogP contribution in [0.1, 0.15) is 18.9 Å². The normalized spacial score (nSPS) is 23.3. The molecule has 0 spiro atoms. The number of nitrogens with zero attached hydrogens (tertiary/aromatic N) is 5. The van der Waals surface area contributed by atoms with Gasteiger partial charge in [-0.25, -0.2) is 0 Å². The number of fused-ring (bicyclic) bond motifs is 3. The van der Waals surface area contributed by atoms with Crippen molar-refractivity contribution in [2.75, 3.05) is 13.2 Å². The van der Waals surface area contributed by atoms with Crippen LogP contribution in [0.2, 0.25) is 0 Å². The molecule has 4 aromatic rings. The molecule has 0 saturated carbocycles. The molecular weight excluding hydrogens is 392 g/mol. The molecule has 3 aromatic heterocycles. The Morgan fingerprint density at radius 1 is 1.06 bits per heavy atom. The van der Waals surface area contributed by atoms with Gasteiger partial charge in [0, 0.05) is 54.1 Å². The van der Waals surface area contributed by atoms with Gasteiger partial charge in [-0.2, -0.15) is 5.10 Å². The van der Waals surface area contributed by atoms with E-state index in [2.05, 4.69) is 37.4 Å². The summed E-state index contributed by atoms with van der Waals surface area (Å²) >= 11 is 0. The van der Waals surface area contributed by atoms with Crippen LogP contribution in [0.5, 0.6) is 5.75 Å². The van der Waals surface area contributed by atoms with Crippen LogP contribution in [0.15, 0.2) is 48.9 Å². The van der Waals surface area contributed by atoms with Crippen LogP contribution < -0.4 is 5.32 Å². The van der Waals surface area contributed by atoms with Crippen LogP contribution >= 0.6 is 0 Å². The molecular formula is C23H24N6O2. The Morgan fingerprint density at radius 2 is 1.90 bits per heavy atom. The molecule has 6 rings (SSSR count). The molecule has 2 saturated heterocycles. The van der Waals surface area contributed by atoms with Gasteiger partial charge in [0.05, 0.1) is 25.1 Å². The van der Waals surface area contributed by atoms with Gasteiger partial charge in [0.2, 0.25) is 0 Å². The minimum Gasteiger partial charge on any atom is -0.507 e. The van der Waals surface area contributed by atoms with E-state index >= 15 is 0 Å². The molecule has 3 atom stereocenters. The summed E-state index contributed by atoms with van der Waals surface area (Å²) in [5, 5.41) is 28.5. The molecule has 5 heterocycles. The molecule has 8 nitrogen and oxygen atoms in total. The summed E-state index contributed by atoms with van der Waals surface area (Å²) in [4.78, 5) is 0. The fourth-order valence-corrected chi connectivity index (χ4v) is 4.91. The van der Waals surface area contributed by atoms with Crippen molar-refractivity contribution in [3.05, 3.63) is 48.9 Å². The molecule has 2 aliphatic rings. The number of hydrogen-bond acceptors (Lipinski definition) is 6. The Hall–Kier alpha value is -3.23. The van der Waals surface area contributed by atoms with E-state index in [4.69, 9.17) is 4.74 Å². The number of rotatable bonds is 3. The highest BCUT2D eigenvalue weighted by atomic mass is 16.5. The van der Waals surface area contributed by atoms with Gasteiger partial charge in [0.15, 0.2) is 5.65 Å². The number of aromatic hydroxyl groups is 1. The van der Waals surface area contributed by atoms with Crippen molar-refractivity contribution in [3.63, 3.8) is 0 Å². The number of ether oxygens (including phenoxy) is 1. The number of phenolic OH excluding ortho intramolecular Hbond substituents is 1. The van der Waals surface area contributed by atoms with Crippen molar-refractivity contribution in [2.24, 2.45) is 7.05 Å². The number of benzene rings is 1. The summed E-state index contributed by atoms with van der Waals surface area (Å²) in [7, 11) is 1.87. The molecule has 158 valence electrons. The summed E-state index contributed by atoms with van der Waals surface area (Å²) < 4.78 is 9.67. The number of aryl methyl sites for hydroxylation is 1. The third-order valence-corrected chi connectivity index (χ3v) is 6.39. The lowest BCUT2D eigenvalue weighted by molar-refractivity contribution is 0.0106. The predicted molar refractivity (Wildman–Crippen MR) is 117 cm³/mol. The van der Waals surface area contributed by atoms with Gasteiger partial charge in [0.1, 0.15) is 5.75 Å². The van der Waals surface area contributed by atoms with E-state index in [1.54, 1.807) is 16.9 Å². The molecule has 1 unspecified atom stereocenters. The van der Waals surface area contributed by atoms with Crippen molar-refractivity contribution >= 4 is 11.0 Å². The number of morpholine rings is 1. The van der Waals surface area contributed by atoms with Crippen LogP contribution in [-0.2, 0) is 11.8 Å². The second-order valence-corrected chi connectivity index (χ2v) is 8.59. The van der Waals surface area contributed by atoms with Gasteiger partial charge in [-0.1, -0.05) is 6.07 Å². The minimum absolute atomic E-state index is 0.181. The van der Waals surface area contributed by atoms with Crippen LogP contribution in [-0.4, -0.2) is 54.9 Å². The lowest BCUT2D eigenvalue weighted by Gasteiger charge is -2.40. The number of nitrogens with one attached hydrogen (secondary N) is 1. The van der Waals surface area contributed by atoms with E-state index in [0.29, 0.717) is 29.4 Å². The lowest BCUT2D eigenvalue weighted by atomic mass is 9.92. The summed E-state index contributed by atoms with van der Waals surface area (Å²) in [6.45, 7) is 1.55. The third kappa shape index (κ3) is 3.28. The molecule has 2 aliphatic heterocycles. The van der Waals surface area contributed by atoms with Crippen molar-refractivity contribution in [3.8, 4) is 28.1 Å². The molecule has 31 heavy (non-hydrogen) atoms. The Bertz CT molecular complexity index is 1250. The Balaban J connectivity index is 1.31. The van der Waals surface area contributed by atoms with Gasteiger partial charge in [-0.15, -0.1) is 10.2 Å². The van der Waals surface area contributed by atoms with Crippen molar-refractivity contribution in [1.29, 1.82) is 0 Å². The summed E-state index contributed by atoms with van der Waals surface area (Å²) in [6.07, 6.45) is 7.87. The van der Waals surface area contributed by atoms with Crippen LogP contribution in [0.25, 0.3) is 33.4 Å². The molecule has 1 aromatic carbocycles. The smallest absolute Gasteiger partial charge is 0.162 e. The van der Waals surface area contributed by atoms with E-state index < -0.39 is 0 Å². The largest absolute Gasteiger partial charge is 0.507 e. The lowest BCUT2D eigenvalue weighted by Crippen LogP contribution is -2.54. The first-order chi connectivity index (χ1) is 15.1. The van der Waals surface area contributed by atoms with E-state index in [-0.39, 0.29) is 5.75 Å². The topological polar surface area (TPSA) is 90.0 Å². The average molecular weight is 416 g/mol. The maximum Gasteiger partial charge on any atom is 0.162 e. The van der Waals surface area contributed by atoms with E-state index in [1.165, 1.54) is 0 Å². The molecule has 8 heteroatoms. The second kappa shape index (κ2) is 7.18. The maximum absolute atomic E-state index is 10.7. The summed E-state index contributed by atoms with van der Waals surface area (Å²) in [5.41, 5.74) is 4.09. The highest BCUT2D eigenvalue weighted by molar-refractivity contribution is 5.82. The average Bonchev–Trinajstić information content (AvgIpc) is 3.39. The molecule has 0 amide bonds. The quantitative estimate of drug-likeness (QED) is 0.534. The zero-order valence-electron chi connectivity index (χ0n) is 17.3. The SMILES string of the molecule is Cn1cc(-c2ccc(-c3cc4ccn([C@@H]5CC6COC[C@@H](C5)N6)c4nn3)c(O)c2)cn1. The van der Waals surface area contributed by atoms with Crippen LogP contribution in [0, 0.1) is 0 Å². The highest BCUT2D eigenvalue weighted by Gasteiger charge is 2.33. The van der Waals surface area contributed by atoms with Crippen LogP contribution in [0.3, 0.4) is 0 Å². The predicted octanol–water partition coefficient (Wildman–Crippen LogP) is 2.90. The van der Waals surface area contributed by atoms with Crippen molar-refractivity contribution < 1.29 is 9.84 Å². The molecule has 2 fully saturated rings. The Kier molecular flexibility index (Phi) is 4.29. The highest BCUT2D eigenvalue weighted by Crippen LogP contribution is 2.35. The zero-order valence-corrected chi connectivity index (χ0v) is 17.3.